The van der Waals surface area contributed by atoms with Crippen LogP contribution in [0.3, 0.4) is 0 Å². The summed E-state index contributed by atoms with van der Waals surface area (Å²) >= 11 is 6.65. The van der Waals surface area contributed by atoms with E-state index in [1.54, 1.807) is 13.2 Å². The maximum absolute atomic E-state index is 13.7. The summed E-state index contributed by atoms with van der Waals surface area (Å²) in [5.74, 6) is 1.17. The number of carbonyl (C=O) groups excluding carboxylic acids is 1. The number of aromatic nitrogens is 1. The molecule has 3 aromatic rings. The van der Waals surface area contributed by atoms with Crippen molar-refractivity contribution in [3.63, 3.8) is 0 Å². The predicted octanol–water partition coefficient (Wildman–Crippen LogP) is 6.88. The van der Waals surface area contributed by atoms with Crippen LogP contribution >= 0.6 is 11.6 Å². The number of methoxy groups -OCH3 is 1. The van der Waals surface area contributed by atoms with Crippen LogP contribution in [0.4, 0.5) is 0 Å². The number of unbranched alkanes of at least 4 members (excludes halogenated alkanes) is 13. The zero-order chi connectivity index (χ0) is 31.4. The van der Waals surface area contributed by atoms with Gasteiger partial charge >= 0.3 is 0 Å². The SMILES string of the molecule is CCCCCCCCCCCCCCCCOc1ccc(CN(Cc2cc[n+](C)cc2)C(=O)c2ccccc2OC)cc1Cl.[I-]. The first-order chi connectivity index (χ1) is 21.5. The van der Waals surface area contributed by atoms with Gasteiger partial charge in [-0.15, -0.1) is 0 Å². The van der Waals surface area contributed by atoms with Crippen LogP contribution < -0.4 is 38.0 Å². The van der Waals surface area contributed by atoms with Crippen molar-refractivity contribution >= 4 is 17.5 Å². The predicted molar refractivity (Wildman–Crippen MR) is 181 cm³/mol. The highest BCUT2D eigenvalue weighted by molar-refractivity contribution is 6.32. The van der Waals surface area contributed by atoms with Crippen LogP contribution in [0.25, 0.3) is 0 Å². The quantitative estimate of drug-likeness (QED) is 0.0640. The van der Waals surface area contributed by atoms with Crippen LogP contribution in [-0.4, -0.2) is 24.5 Å². The Balaban J connectivity index is 0.00000705. The minimum Gasteiger partial charge on any atom is -1.00 e. The molecule has 0 atom stereocenters. The van der Waals surface area contributed by atoms with Crippen molar-refractivity contribution in [1.29, 1.82) is 0 Å². The van der Waals surface area contributed by atoms with Gasteiger partial charge < -0.3 is 38.4 Å². The normalized spacial score (nSPS) is 10.8. The fraction of sp³-hybridized carbons (Fsp3) is 0.526. The van der Waals surface area contributed by atoms with E-state index in [9.17, 15) is 4.79 Å². The minimum atomic E-state index is -0.0927. The van der Waals surface area contributed by atoms with E-state index in [1.165, 1.54) is 83.5 Å². The number of nitrogens with zero attached hydrogens (tertiary/aromatic N) is 2. The number of para-hydroxylation sites is 1. The molecule has 2 aromatic carbocycles. The Hall–Kier alpha value is -2.32. The first-order valence-electron chi connectivity index (χ1n) is 16.8. The Labute approximate surface area is 294 Å². The lowest BCUT2D eigenvalue weighted by atomic mass is 10.0. The van der Waals surface area contributed by atoms with Gasteiger partial charge in [-0.1, -0.05) is 120 Å². The Morgan fingerprint density at radius 1 is 0.733 bits per heavy atom. The highest BCUT2D eigenvalue weighted by Crippen LogP contribution is 2.28. The van der Waals surface area contributed by atoms with Crippen LogP contribution in [-0.2, 0) is 20.1 Å². The molecule has 7 heteroatoms. The molecule has 0 saturated heterocycles. The number of ether oxygens (including phenoxy) is 2. The summed E-state index contributed by atoms with van der Waals surface area (Å²) in [6.07, 6.45) is 22.7. The second-order valence-corrected chi connectivity index (χ2v) is 12.3. The van der Waals surface area contributed by atoms with Gasteiger partial charge in [-0.2, -0.15) is 0 Å². The molecule has 45 heavy (non-hydrogen) atoms. The van der Waals surface area contributed by atoms with E-state index in [1.807, 2.05) is 77.4 Å². The van der Waals surface area contributed by atoms with Gasteiger partial charge in [0.05, 0.1) is 24.3 Å². The number of rotatable bonds is 22. The molecule has 1 heterocycles. The first-order valence-corrected chi connectivity index (χ1v) is 17.2. The maximum atomic E-state index is 13.7. The highest BCUT2D eigenvalue weighted by Gasteiger charge is 2.21. The Kier molecular flexibility index (Phi) is 19.9. The Morgan fingerprint density at radius 2 is 1.29 bits per heavy atom. The van der Waals surface area contributed by atoms with Gasteiger partial charge in [-0.05, 0) is 41.8 Å². The van der Waals surface area contributed by atoms with Gasteiger partial charge in [0.25, 0.3) is 5.91 Å². The summed E-state index contributed by atoms with van der Waals surface area (Å²) < 4.78 is 13.5. The molecule has 0 fully saturated rings. The van der Waals surface area contributed by atoms with Crippen molar-refractivity contribution in [2.45, 2.75) is 110 Å². The molecular formula is C38H54ClIN2O3. The van der Waals surface area contributed by atoms with Crippen molar-refractivity contribution in [3.8, 4) is 11.5 Å². The monoisotopic (exact) mass is 748 g/mol. The van der Waals surface area contributed by atoms with Crippen molar-refractivity contribution in [1.82, 2.24) is 4.90 Å². The van der Waals surface area contributed by atoms with Gasteiger partial charge in [0, 0.05) is 25.2 Å². The van der Waals surface area contributed by atoms with Gasteiger partial charge in [-0.3, -0.25) is 4.79 Å². The summed E-state index contributed by atoms with van der Waals surface area (Å²) in [4.78, 5) is 15.5. The second kappa shape index (κ2) is 23.1. The number of carbonyl (C=O) groups is 1. The van der Waals surface area contributed by atoms with Gasteiger partial charge in [0.15, 0.2) is 12.4 Å². The molecule has 0 unspecified atom stereocenters. The topological polar surface area (TPSA) is 42.7 Å². The zero-order valence-electron chi connectivity index (χ0n) is 27.7. The minimum absolute atomic E-state index is 0. The molecule has 1 aromatic heterocycles. The van der Waals surface area contributed by atoms with E-state index in [2.05, 4.69) is 6.92 Å². The summed E-state index contributed by atoms with van der Waals surface area (Å²) in [5, 5.41) is 0.573. The molecule has 0 N–H and O–H groups in total. The molecule has 3 rings (SSSR count). The van der Waals surface area contributed by atoms with E-state index in [0.29, 0.717) is 41.8 Å². The molecule has 0 bridgehead atoms. The number of halogens is 2. The molecule has 0 saturated carbocycles. The van der Waals surface area contributed by atoms with E-state index >= 15 is 0 Å². The second-order valence-electron chi connectivity index (χ2n) is 11.9. The first kappa shape index (κ1) is 38.9. The lowest BCUT2D eigenvalue weighted by molar-refractivity contribution is -0.671. The molecule has 248 valence electrons. The average molecular weight is 749 g/mol. The number of hydrogen-bond donors (Lipinski definition) is 0. The van der Waals surface area contributed by atoms with Crippen LogP contribution in [0.1, 0.15) is 118 Å². The van der Waals surface area contributed by atoms with E-state index in [0.717, 1.165) is 17.5 Å². The highest BCUT2D eigenvalue weighted by atomic mass is 127. The lowest BCUT2D eigenvalue weighted by Crippen LogP contribution is -3.00. The number of amides is 1. The van der Waals surface area contributed by atoms with E-state index in [-0.39, 0.29) is 29.9 Å². The third kappa shape index (κ3) is 14.8. The molecule has 0 spiro atoms. The van der Waals surface area contributed by atoms with Crippen molar-refractivity contribution in [2.24, 2.45) is 7.05 Å². The molecular weight excluding hydrogens is 695 g/mol. The summed E-state index contributed by atoms with van der Waals surface area (Å²) in [6, 6.07) is 17.2. The molecule has 0 radical (unpaired) electrons. The van der Waals surface area contributed by atoms with Crippen LogP contribution in [0.5, 0.6) is 11.5 Å². The Morgan fingerprint density at radius 3 is 1.87 bits per heavy atom. The summed E-state index contributed by atoms with van der Waals surface area (Å²) in [6.45, 7) is 3.82. The number of aryl methyl sites for hydroxylation is 1. The fourth-order valence-electron chi connectivity index (χ4n) is 5.51. The fourth-order valence-corrected chi connectivity index (χ4v) is 5.77. The third-order valence-electron chi connectivity index (χ3n) is 8.17. The van der Waals surface area contributed by atoms with Crippen molar-refractivity contribution < 1.29 is 42.8 Å². The lowest BCUT2D eigenvalue weighted by Gasteiger charge is -2.24. The number of hydrogen-bond acceptors (Lipinski definition) is 3. The van der Waals surface area contributed by atoms with Crippen LogP contribution in [0, 0.1) is 0 Å². The summed E-state index contributed by atoms with van der Waals surface area (Å²) in [7, 11) is 3.57. The molecule has 5 nitrogen and oxygen atoms in total. The maximum Gasteiger partial charge on any atom is 0.258 e. The Bertz CT molecular complexity index is 1240. The number of pyridine rings is 1. The van der Waals surface area contributed by atoms with Gasteiger partial charge in [0.1, 0.15) is 18.5 Å². The molecule has 0 aliphatic rings. The largest absolute Gasteiger partial charge is 1.00 e. The van der Waals surface area contributed by atoms with Crippen molar-refractivity contribution in [3.05, 3.63) is 88.7 Å². The third-order valence-corrected chi connectivity index (χ3v) is 8.47. The van der Waals surface area contributed by atoms with E-state index < -0.39 is 0 Å². The number of benzene rings is 2. The average Bonchev–Trinajstić information content (AvgIpc) is 3.04. The molecule has 1 amide bonds. The van der Waals surface area contributed by atoms with Crippen LogP contribution in [0.2, 0.25) is 5.02 Å². The molecule has 0 aliphatic heterocycles. The zero-order valence-corrected chi connectivity index (χ0v) is 30.7. The standard InChI is InChI=1S/C38H54ClN2O3.HI/c1-4-5-6-7-8-9-10-11-12-13-14-15-16-19-28-44-37-23-22-33(29-35(37)39)31-41(30-32-24-26-40(2)27-25-32)38(42)34-20-17-18-21-36(34)43-3;/h17-18,20-27,29H,4-16,19,28,30-31H2,1-3H3;1H/q+1;/p-1. The van der Waals surface area contributed by atoms with Gasteiger partial charge in [-0.25, -0.2) is 4.57 Å². The smallest absolute Gasteiger partial charge is 0.258 e. The van der Waals surface area contributed by atoms with Crippen LogP contribution in [0.15, 0.2) is 67.0 Å². The summed E-state index contributed by atoms with van der Waals surface area (Å²) in [5.41, 5.74) is 2.53. The van der Waals surface area contributed by atoms with Gasteiger partial charge in [0.2, 0.25) is 0 Å². The van der Waals surface area contributed by atoms with E-state index in [4.69, 9.17) is 21.1 Å². The van der Waals surface area contributed by atoms with Crippen molar-refractivity contribution in [2.75, 3.05) is 13.7 Å². The molecule has 0 aliphatic carbocycles.